The third kappa shape index (κ3) is 5.74. The Labute approximate surface area is 210 Å². The first kappa shape index (κ1) is 24.5. The van der Waals surface area contributed by atoms with Gasteiger partial charge in [-0.1, -0.05) is 55.1 Å². The van der Waals surface area contributed by atoms with Crippen molar-refractivity contribution in [3.63, 3.8) is 0 Å². The molecular weight excluding hydrogens is 456 g/mol. The first-order valence-corrected chi connectivity index (χ1v) is 12.7. The van der Waals surface area contributed by atoms with Gasteiger partial charge >= 0.3 is 0 Å². The molecule has 7 heteroatoms. The third-order valence-electron chi connectivity index (χ3n) is 6.05. The first-order valence-electron chi connectivity index (χ1n) is 11.7. The third-order valence-corrected chi connectivity index (χ3v) is 7.03. The van der Waals surface area contributed by atoms with E-state index < -0.39 is 0 Å². The lowest BCUT2D eigenvalue weighted by Crippen LogP contribution is -2.21. The zero-order valence-corrected chi connectivity index (χ0v) is 21.3. The average Bonchev–Trinajstić information content (AvgIpc) is 3.18. The lowest BCUT2D eigenvalue weighted by atomic mass is 10.1. The van der Waals surface area contributed by atoms with Gasteiger partial charge < -0.3 is 15.2 Å². The summed E-state index contributed by atoms with van der Waals surface area (Å²) in [5, 5.41) is 6.68. The molecule has 1 heterocycles. The van der Waals surface area contributed by atoms with E-state index in [9.17, 15) is 9.59 Å². The van der Waals surface area contributed by atoms with E-state index in [1.807, 2.05) is 86.0 Å². The van der Waals surface area contributed by atoms with E-state index in [0.29, 0.717) is 5.16 Å². The van der Waals surface area contributed by atoms with Gasteiger partial charge in [-0.15, -0.1) is 0 Å². The fourth-order valence-corrected chi connectivity index (χ4v) is 4.80. The predicted octanol–water partition coefficient (Wildman–Crippen LogP) is 5.89. The molecule has 0 aliphatic carbocycles. The maximum absolute atomic E-state index is 13.1. The Balaban J connectivity index is 1.50. The quantitative estimate of drug-likeness (QED) is 0.304. The van der Waals surface area contributed by atoms with Gasteiger partial charge in [0, 0.05) is 11.4 Å². The van der Waals surface area contributed by atoms with Gasteiger partial charge in [-0.3, -0.25) is 9.59 Å². The second-order valence-corrected chi connectivity index (χ2v) is 9.56. The molecule has 4 rings (SSSR count). The minimum absolute atomic E-state index is 0.110. The topological polar surface area (TPSA) is 76.0 Å². The second kappa shape index (κ2) is 10.8. The van der Waals surface area contributed by atoms with Crippen LogP contribution in [0.25, 0.3) is 11.0 Å². The molecule has 0 fully saturated rings. The van der Waals surface area contributed by atoms with Gasteiger partial charge in [-0.2, -0.15) is 0 Å². The Morgan fingerprint density at radius 2 is 1.69 bits per heavy atom. The van der Waals surface area contributed by atoms with Crippen LogP contribution in [-0.2, 0) is 22.6 Å². The summed E-state index contributed by atoms with van der Waals surface area (Å²) in [6, 6.07) is 19.6. The molecule has 0 saturated heterocycles. The van der Waals surface area contributed by atoms with Gasteiger partial charge in [0.15, 0.2) is 5.16 Å². The zero-order chi connectivity index (χ0) is 24.9. The number of benzene rings is 3. The van der Waals surface area contributed by atoms with Gasteiger partial charge in [-0.25, -0.2) is 4.98 Å². The van der Waals surface area contributed by atoms with Crippen LogP contribution in [0.2, 0.25) is 0 Å². The van der Waals surface area contributed by atoms with E-state index in [4.69, 9.17) is 4.98 Å². The molecule has 2 N–H and O–H groups in total. The van der Waals surface area contributed by atoms with Gasteiger partial charge in [0.2, 0.25) is 11.8 Å². The maximum Gasteiger partial charge on any atom is 0.244 e. The normalized spacial score (nSPS) is 11.0. The first-order chi connectivity index (χ1) is 16.9. The van der Waals surface area contributed by atoms with Gasteiger partial charge in [-0.05, 0) is 73.7 Å². The number of hydrogen-bond donors (Lipinski definition) is 2. The molecule has 0 aliphatic heterocycles. The summed E-state index contributed by atoms with van der Waals surface area (Å²) < 4.78 is 1.88. The smallest absolute Gasteiger partial charge is 0.244 e. The largest absolute Gasteiger partial charge is 0.325 e. The second-order valence-electron chi connectivity index (χ2n) is 8.62. The van der Waals surface area contributed by atoms with Gasteiger partial charge in [0.25, 0.3) is 0 Å². The van der Waals surface area contributed by atoms with Gasteiger partial charge in [0.1, 0.15) is 6.54 Å². The standard InChI is InChI=1S/C28H30N4O2S/c1-5-21-10-8-9-19(3)27(21)31-25(33)16-32-24-12-7-6-11-23(24)30-28(32)35-17-26(34)29-22-14-13-18(2)20(4)15-22/h6-15H,5,16-17H2,1-4H3,(H,29,34)(H,31,33). The number of nitrogens with zero attached hydrogens (tertiary/aromatic N) is 2. The number of aryl methyl sites for hydroxylation is 4. The van der Waals surface area contributed by atoms with E-state index >= 15 is 0 Å². The fraction of sp³-hybridized carbons (Fsp3) is 0.250. The number of aromatic nitrogens is 2. The van der Waals surface area contributed by atoms with Crippen molar-refractivity contribution in [2.75, 3.05) is 16.4 Å². The number of nitrogens with one attached hydrogen (secondary N) is 2. The number of thioether (sulfide) groups is 1. The highest BCUT2D eigenvalue weighted by atomic mass is 32.2. The number of carbonyl (C=O) groups excluding carboxylic acids is 2. The maximum atomic E-state index is 13.1. The van der Waals surface area contributed by atoms with Crippen LogP contribution in [0.5, 0.6) is 0 Å². The highest BCUT2D eigenvalue weighted by Gasteiger charge is 2.17. The molecule has 0 bridgehead atoms. The van der Waals surface area contributed by atoms with Crippen molar-refractivity contribution in [2.45, 2.75) is 45.8 Å². The number of imidazole rings is 1. The molecule has 4 aromatic rings. The van der Waals surface area contributed by atoms with Crippen LogP contribution in [0.3, 0.4) is 0 Å². The molecule has 3 aromatic carbocycles. The fourth-order valence-electron chi connectivity index (χ4n) is 3.99. The monoisotopic (exact) mass is 486 g/mol. The number of anilines is 2. The molecule has 0 aliphatic rings. The van der Waals surface area contributed by atoms with Crippen LogP contribution >= 0.6 is 11.8 Å². The SMILES string of the molecule is CCc1cccc(C)c1NC(=O)Cn1c(SCC(=O)Nc2ccc(C)c(C)c2)nc2ccccc21. The highest BCUT2D eigenvalue weighted by Crippen LogP contribution is 2.26. The average molecular weight is 487 g/mol. The van der Waals surface area contributed by atoms with E-state index in [-0.39, 0.29) is 24.1 Å². The van der Waals surface area contributed by atoms with Crippen molar-refractivity contribution >= 4 is 46.0 Å². The highest BCUT2D eigenvalue weighted by molar-refractivity contribution is 7.99. The summed E-state index contributed by atoms with van der Waals surface area (Å²) in [5.74, 6) is -0.0530. The van der Waals surface area contributed by atoms with Crippen LogP contribution in [0.15, 0.2) is 65.8 Å². The van der Waals surface area contributed by atoms with E-state index in [0.717, 1.165) is 45.5 Å². The van der Waals surface area contributed by atoms with Crippen LogP contribution in [0.1, 0.15) is 29.2 Å². The molecular formula is C28H30N4O2S. The van der Waals surface area contributed by atoms with Crippen molar-refractivity contribution in [2.24, 2.45) is 0 Å². The lowest BCUT2D eigenvalue weighted by molar-refractivity contribution is -0.117. The number of hydrogen-bond acceptors (Lipinski definition) is 4. The Hall–Kier alpha value is -3.58. The summed E-state index contributed by atoms with van der Waals surface area (Å²) in [4.78, 5) is 30.4. The molecule has 0 atom stereocenters. The molecule has 6 nitrogen and oxygen atoms in total. The van der Waals surface area contributed by atoms with Crippen molar-refractivity contribution in [3.05, 3.63) is 82.9 Å². The Kier molecular flexibility index (Phi) is 7.56. The zero-order valence-electron chi connectivity index (χ0n) is 20.5. The number of rotatable bonds is 8. The van der Waals surface area contributed by atoms with Gasteiger partial charge in [0.05, 0.1) is 16.8 Å². The van der Waals surface area contributed by atoms with Crippen molar-refractivity contribution in [1.82, 2.24) is 9.55 Å². The summed E-state index contributed by atoms with van der Waals surface area (Å²) in [6.07, 6.45) is 0.835. The Morgan fingerprint density at radius 3 is 2.46 bits per heavy atom. The number of fused-ring (bicyclic) bond motifs is 1. The Bertz CT molecular complexity index is 1390. The molecule has 0 unspecified atom stereocenters. The Morgan fingerprint density at radius 1 is 0.886 bits per heavy atom. The van der Waals surface area contributed by atoms with Crippen LogP contribution in [-0.4, -0.2) is 27.1 Å². The molecule has 2 amide bonds. The summed E-state index contributed by atoms with van der Waals surface area (Å²) in [5.41, 5.74) is 7.74. The molecule has 1 aromatic heterocycles. The molecule has 0 spiro atoms. The summed E-state index contributed by atoms with van der Waals surface area (Å²) in [7, 11) is 0. The van der Waals surface area contributed by atoms with Crippen molar-refractivity contribution in [3.8, 4) is 0 Å². The number of para-hydroxylation sites is 3. The van der Waals surface area contributed by atoms with E-state index in [2.05, 4.69) is 17.6 Å². The van der Waals surface area contributed by atoms with Crippen LogP contribution < -0.4 is 10.6 Å². The minimum atomic E-state index is -0.126. The molecule has 180 valence electrons. The predicted molar refractivity (Wildman–Crippen MR) is 144 cm³/mol. The molecule has 35 heavy (non-hydrogen) atoms. The van der Waals surface area contributed by atoms with E-state index in [1.165, 1.54) is 17.3 Å². The van der Waals surface area contributed by atoms with Crippen molar-refractivity contribution < 1.29 is 9.59 Å². The molecule has 0 saturated carbocycles. The van der Waals surface area contributed by atoms with Crippen LogP contribution in [0, 0.1) is 20.8 Å². The van der Waals surface area contributed by atoms with E-state index in [1.54, 1.807) is 0 Å². The number of carbonyl (C=O) groups is 2. The van der Waals surface area contributed by atoms with Crippen LogP contribution in [0.4, 0.5) is 11.4 Å². The lowest BCUT2D eigenvalue weighted by Gasteiger charge is -2.14. The minimum Gasteiger partial charge on any atom is -0.325 e. The number of amides is 2. The summed E-state index contributed by atoms with van der Waals surface area (Å²) in [6.45, 7) is 8.24. The molecule has 0 radical (unpaired) electrons. The van der Waals surface area contributed by atoms with Crippen molar-refractivity contribution in [1.29, 1.82) is 0 Å². The summed E-state index contributed by atoms with van der Waals surface area (Å²) >= 11 is 1.33.